The number of likely N-dealkylation sites (tertiary alicyclic amines) is 1. The number of fused-ring (bicyclic) bond motifs is 4. The summed E-state index contributed by atoms with van der Waals surface area (Å²) in [5.74, 6) is 1.35. The van der Waals surface area contributed by atoms with Crippen LogP contribution < -0.4 is 14.8 Å². The van der Waals surface area contributed by atoms with Crippen LogP contribution in [0.15, 0.2) is 30.3 Å². The van der Waals surface area contributed by atoms with Gasteiger partial charge in [-0.25, -0.2) is 18.4 Å². The van der Waals surface area contributed by atoms with E-state index in [1.165, 1.54) is 6.07 Å². The first kappa shape index (κ1) is 28.0. The Bertz CT molecular complexity index is 1880. The SMILES string of the molecule is COc1cc(C(=O)N2C[C@H]3CC[C@@H]2[C@@H]3N)cc2nc(-c3cc4ccc(N(C(F)F)S(C)(=O)=O)nc4n3CC3CC3)n(C)c12. The second-order valence-electron chi connectivity index (χ2n) is 12.0. The first-order chi connectivity index (χ1) is 20.5. The van der Waals surface area contributed by atoms with Crippen LogP contribution in [-0.2, 0) is 23.6 Å². The highest BCUT2D eigenvalue weighted by Gasteiger charge is 2.47. The van der Waals surface area contributed by atoms with Crippen LogP contribution >= 0.6 is 0 Å². The molecule has 4 heterocycles. The first-order valence-corrected chi connectivity index (χ1v) is 16.2. The molecule has 2 saturated carbocycles. The minimum atomic E-state index is -4.27. The molecule has 4 aromatic rings. The Balaban J connectivity index is 1.35. The Labute approximate surface area is 247 Å². The average molecular weight is 614 g/mol. The van der Waals surface area contributed by atoms with Crippen molar-refractivity contribution in [3.05, 3.63) is 35.9 Å². The lowest BCUT2D eigenvalue weighted by atomic mass is 10.1. The summed E-state index contributed by atoms with van der Waals surface area (Å²) in [6, 6.07) is 8.32. The standard InChI is InChI=1S/C29H33F2N7O4S/c1-35-25-19(10-18(12-22(25)42-2)28(39)37-14-17-6-8-20(37)24(17)32)33-27(35)21-11-16-7-9-23(38(29(30)31)43(3,40)41)34-26(16)36(21)13-15-4-5-15/h7,9-12,15,17,20,24,29H,4-6,8,13-14,32H2,1-3H3/t17-,20-,24-/m1/s1. The van der Waals surface area contributed by atoms with Crippen molar-refractivity contribution in [2.45, 2.75) is 50.9 Å². The number of carbonyl (C=O) groups is 1. The molecule has 1 saturated heterocycles. The van der Waals surface area contributed by atoms with Crippen molar-refractivity contribution in [2.24, 2.45) is 24.6 Å². The maximum Gasteiger partial charge on any atom is 0.329 e. The van der Waals surface area contributed by atoms with Crippen LogP contribution in [0.4, 0.5) is 14.6 Å². The number of rotatable bonds is 8. The predicted octanol–water partition coefficient (Wildman–Crippen LogP) is 3.56. The van der Waals surface area contributed by atoms with Crippen LogP contribution in [0.3, 0.4) is 0 Å². The van der Waals surface area contributed by atoms with E-state index in [2.05, 4.69) is 4.98 Å². The zero-order chi connectivity index (χ0) is 30.4. The number of anilines is 1. The third-order valence-corrected chi connectivity index (χ3v) is 10.2. The number of amides is 1. The highest BCUT2D eigenvalue weighted by molar-refractivity contribution is 7.92. The lowest BCUT2D eigenvalue weighted by Gasteiger charge is -2.27. The van der Waals surface area contributed by atoms with Crippen molar-refractivity contribution in [3.8, 4) is 17.3 Å². The topological polar surface area (TPSA) is 129 Å². The zero-order valence-electron chi connectivity index (χ0n) is 24.1. The number of imidazole rings is 1. The normalized spacial score (nSPS) is 21.9. The molecule has 228 valence electrons. The summed E-state index contributed by atoms with van der Waals surface area (Å²) in [5.41, 5.74) is 9.21. The summed E-state index contributed by atoms with van der Waals surface area (Å²) in [5, 5.41) is 0.664. The van der Waals surface area contributed by atoms with Crippen LogP contribution in [0.25, 0.3) is 33.6 Å². The van der Waals surface area contributed by atoms with Gasteiger partial charge in [-0.15, -0.1) is 0 Å². The molecular formula is C29H33F2N7O4S. The van der Waals surface area contributed by atoms with Gasteiger partial charge in [-0.2, -0.15) is 13.1 Å². The summed E-state index contributed by atoms with van der Waals surface area (Å²) >= 11 is 0. The number of aromatic nitrogens is 4. The van der Waals surface area contributed by atoms with Gasteiger partial charge >= 0.3 is 6.55 Å². The average Bonchev–Trinajstić information content (AvgIpc) is 3.36. The largest absolute Gasteiger partial charge is 0.494 e. The number of nitrogens with zero attached hydrogens (tertiary/aromatic N) is 6. The summed E-state index contributed by atoms with van der Waals surface area (Å²) in [6.07, 6.45) is 4.73. The van der Waals surface area contributed by atoms with E-state index >= 15 is 0 Å². The molecule has 43 heavy (non-hydrogen) atoms. The number of nitrogens with two attached hydrogens (primary N) is 1. The van der Waals surface area contributed by atoms with Gasteiger partial charge in [-0.05, 0) is 67.9 Å². The van der Waals surface area contributed by atoms with Crippen LogP contribution in [0.5, 0.6) is 5.75 Å². The minimum Gasteiger partial charge on any atom is -0.494 e. The molecule has 2 aliphatic carbocycles. The van der Waals surface area contributed by atoms with Gasteiger partial charge in [0.1, 0.15) is 22.7 Å². The number of pyridine rings is 1. The molecule has 0 spiro atoms. The van der Waals surface area contributed by atoms with E-state index in [0.717, 1.165) is 31.9 Å². The molecule has 1 amide bonds. The molecule has 1 aliphatic heterocycles. The number of hydrogen-bond donors (Lipinski definition) is 1. The Morgan fingerprint density at radius 2 is 1.93 bits per heavy atom. The predicted molar refractivity (Wildman–Crippen MR) is 158 cm³/mol. The van der Waals surface area contributed by atoms with Gasteiger partial charge in [-0.1, -0.05) is 0 Å². The molecule has 0 radical (unpaired) electrons. The van der Waals surface area contributed by atoms with Crippen LogP contribution in [0.1, 0.15) is 36.0 Å². The van der Waals surface area contributed by atoms with Crippen LogP contribution in [-0.4, -0.2) is 76.9 Å². The summed E-state index contributed by atoms with van der Waals surface area (Å²) in [7, 11) is -0.861. The number of alkyl halides is 2. The van der Waals surface area contributed by atoms with E-state index in [1.54, 1.807) is 25.3 Å². The molecule has 1 aromatic carbocycles. The fourth-order valence-corrected chi connectivity index (χ4v) is 7.58. The van der Waals surface area contributed by atoms with Crippen LogP contribution in [0.2, 0.25) is 0 Å². The van der Waals surface area contributed by atoms with Gasteiger partial charge in [0.2, 0.25) is 10.0 Å². The van der Waals surface area contributed by atoms with Gasteiger partial charge < -0.3 is 24.5 Å². The fraction of sp³-hybridized carbons (Fsp3) is 0.483. The van der Waals surface area contributed by atoms with Gasteiger partial charge in [0, 0.05) is 43.2 Å². The number of piperidine rings is 1. The summed E-state index contributed by atoms with van der Waals surface area (Å²) in [6.45, 7) is -2.05. The van der Waals surface area contributed by atoms with Crippen molar-refractivity contribution in [2.75, 3.05) is 24.2 Å². The Kier molecular flexibility index (Phi) is 6.43. The molecule has 3 aromatic heterocycles. The number of carbonyl (C=O) groups excluding carboxylic acids is 1. The Hall–Kier alpha value is -3.78. The molecule has 14 heteroatoms. The smallest absolute Gasteiger partial charge is 0.329 e. The quantitative estimate of drug-likeness (QED) is 0.301. The number of hydrogen-bond acceptors (Lipinski definition) is 7. The molecule has 11 nitrogen and oxygen atoms in total. The second-order valence-corrected chi connectivity index (χ2v) is 13.8. The first-order valence-electron chi connectivity index (χ1n) is 14.4. The van der Waals surface area contributed by atoms with Gasteiger partial charge in [0.15, 0.2) is 5.82 Å². The maximum absolute atomic E-state index is 13.8. The maximum atomic E-state index is 13.8. The Morgan fingerprint density at radius 3 is 2.53 bits per heavy atom. The van der Waals surface area contributed by atoms with Crippen molar-refractivity contribution in [1.82, 2.24) is 24.0 Å². The number of methoxy groups -OCH3 is 1. The summed E-state index contributed by atoms with van der Waals surface area (Å²) in [4.78, 5) is 24.9. The highest BCUT2D eigenvalue weighted by Crippen LogP contribution is 2.40. The van der Waals surface area contributed by atoms with Gasteiger partial charge in [-0.3, -0.25) is 4.79 Å². The van der Waals surface area contributed by atoms with Gasteiger partial charge in [0.25, 0.3) is 5.91 Å². The molecule has 3 atom stereocenters. The minimum absolute atomic E-state index is 0.00347. The number of benzene rings is 1. The number of ether oxygens (including phenoxy) is 1. The fourth-order valence-electron chi connectivity index (χ4n) is 6.85. The van der Waals surface area contributed by atoms with Crippen molar-refractivity contribution in [3.63, 3.8) is 0 Å². The van der Waals surface area contributed by atoms with Crippen molar-refractivity contribution < 1.29 is 26.7 Å². The number of halogens is 2. The third-order valence-electron chi connectivity index (χ3n) is 9.17. The molecule has 3 fully saturated rings. The second kappa shape index (κ2) is 9.88. The number of sulfonamides is 1. The van der Waals surface area contributed by atoms with E-state index < -0.39 is 16.6 Å². The third kappa shape index (κ3) is 4.53. The zero-order valence-corrected chi connectivity index (χ0v) is 24.9. The lowest BCUT2D eigenvalue weighted by molar-refractivity contribution is 0.0700. The van der Waals surface area contributed by atoms with Crippen molar-refractivity contribution in [1.29, 1.82) is 0 Å². The molecule has 2 bridgehead atoms. The van der Waals surface area contributed by atoms with E-state index in [-0.39, 0.29) is 28.1 Å². The summed E-state index contributed by atoms with van der Waals surface area (Å²) < 4.78 is 61.5. The van der Waals surface area contributed by atoms with Crippen molar-refractivity contribution >= 4 is 43.8 Å². The molecule has 2 N–H and O–H groups in total. The molecule has 7 rings (SSSR count). The highest BCUT2D eigenvalue weighted by atomic mass is 32.2. The van der Waals surface area contributed by atoms with E-state index in [4.69, 9.17) is 15.5 Å². The van der Waals surface area contributed by atoms with Gasteiger partial charge in [0.05, 0.1) is 24.6 Å². The Morgan fingerprint density at radius 1 is 1.16 bits per heavy atom. The van der Waals surface area contributed by atoms with E-state index in [9.17, 15) is 22.0 Å². The van der Waals surface area contributed by atoms with Crippen LogP contribution in [0, 0.1) is 11.8 Å². The monoisotopic (exact) mass is 613 g/mol. The molecule has 3 aliphatic rings. The molecular weight excluding hydrogens is 580 g/mol. The van der Waals surface area contributed by atoms with E-state index in [0.29, 0.717) is 69.8 Å². The lowest BCUT2D eigenvalue weighted by Crippen LogP contribution is -2.41. The molecule has 0 unspecified atom stereocenters. The van der Waals surface area contributed by atoms with E-state index in [1.807, 2.05) is 27.1 Å². The number of aryl methyl sites for hydroxylation is 1.